The van der Waals surface area contributed by atoms with Gasteiger partial charge in [-0.15, -0.1) is 0 Å². The van der Waals surface area contributed by atoms with Crippen LogP contribution in [0.25, 0.3) is 10.9 Å². The van der Waals surface area contributed by atoms with Crippen molar-refractivity contribution in [3.8, 4) is 5.75 Å². The van der Waals surface area contributed by atoms with E-state index in [-0.39, 0.29) is 5.56 Å². The van der Waals surface area contributed by atoms with Crippen molar-refractivity contribution >= 4 is 16.9 Å². The Morgan fingerprint density at radius 1 is 1.14 bits per heavy atom. The van der Waals surface area contributed by atoms with Gasteiger partial charge < -0.3 is 9.84 Å². The number of aryl methyl sites for hydroxylation is 1. The van der Waals surface area contributed by atoms with Gasteiger partial charge in [0.15, 0.2) is 0 Å². The van der Waals surface area contributed by atoms with Crippen LogP contribution in [0.3, 0.4) is 0 Å². The van der Waals surface area contributed by atoms with Gasteiger partial charge in [0.05, 0.1) is 11.1 Å². The van der Waals surface area contributed by atoms with Crippen LogP contribution in [0.4, 0.5) is 0 Å². The first-order valence-electron chi connectivity index (χ1n) is 6.95. The van der Waals surface area contributed by atoms with Crippen LogP contribution in [-0.4, -0.2) is 16.1 Å². The minimum Gasteiger partial charge on any atom is -0.489 e. The average molecular weight is 293 g/mol. The molecule has 0 radical (unpaired) electrons. The molecule has 1 heterocycles. The first-order chi connectivity index (χ1) is 10.6. The molecule has 4 nitrogen and oxygen atoms in total. The molecule has 0 atom stereocenters. The quantitative estimate of drug-likeness (QED) is 0.794. The van der Waals surface area contributed by atoms with Gasteiger partial charge in [0.1, 0.15) is 12.4 Å². The smallest absolute Gasteiger partial charge is 0.336 e. The molecule has 3 rings (SSSR count). The molecule has 2 aromatic carbocycles. The molecule has 1 aromatic heterocycles. The van der Waals surface area contributed by atoms with Gasteiger partial charge in [0, 0.05) is 11.1 Å². The molecule has 110 valence electrons. The highest BCUT2D eigenvalue weighted by Crippen LogP contribution is 2.24. The second kappa shape index (κ2) is 5.85. The number of hydrogen-bond donors (Lipinski definition) is 1. The molecular weight excluding hydrogens is 278 g/mol. The number of pyridine rings is 1. The number of aromatic nitrogens is 1. The van der Waals surface area contributed by atoms with Crippen LogP contribution < -0.4 is 4.74 Å². The standard InChI is InChI=1S/C18H15NO3/c1-12-9-16(18(20)21)15-10-14(7-8-17(15)19-12)22-11-13-5-3-2-4-6-13/h2-10H,11H2,1H3,(H,20,21). The van der Waals surface area contributed by atoms with Crippen molar-refractivity contribution in [3.63, 3.8) is 0 Å². The van der Waals surface area contributed by atoms with Crippen molar-refractivity contribution in [2.45, 2.75) is 13.5 Å². The van der Waals surface area contributed by atoms with Crippen LogP contribution in [-0.2, 0) is 6.61 Å². The lowest BCUT2D eigenvalue weighted by Crippen LogP contribution is -2.01. The maximum Gasteiger partial charge on any atom is 0.336 e. The number of fused-ring (bicyclic) bond motifs is 1. The van der Waals surface area contributed by atoms with Crippen LogP contribution in [0.5, 0.6) is 5.75 Å². The normalized spacial score (nSPS) is 10.6. The number of aromatic carboxylic acids is 1. The topological polar surface area (TPSA) is 59.4 Å². The predicted molar refractivity (Wildman–Crippen MR) is 84.2 cm³/mol. The Balaban J connectivity index is 1.93. The lowest BCUT2D eigenvalue weighted by atomic mass is 10.1. The van der Waals surface area contributed by atoms with Crippen molar-refractivity contribution in [1.29, 1.82) is 0 Å². The van der Waals surface area contributed by atoms with Crippen molar-refractivity contribution in [1.82, 2.24) is 4.98 Å². The largest absolute Gasteiger partial charge is 0.489 e. The molecule has 1 N–H and O–H groups in total. The zero-order valence-corrected chi connectivity index (χ0v) is 12.1. The van der Waals surface area contributed by atoms with E-state index < -0.39 is 5.97 Å². The molecule has 0 spiro atoms. The van der Waals surface area contributed by atoms with Crippen molar-refractivity contribution in [2.75, 3.05) is 0 Å². The molecule has 3 aromatic rings. The third-order valence-electron chi connectivity index (χ3n) is 3.39. The Kier molecular flexibility index (Phi) is 3.74. The highest BCUT2D eigenvalue weighted by molar-refractivity contribution is 6.02. The van der Waals surface area contributed by atoms with E-state index in [1.165, 1.54) is 0 Å². The number of hydrogen-bond acceptors (Lipinski definition) is 3. The summed E-state index contributed by atoms with van der Waals surface area (Å²) in [6, 6.07) is 16.7. The number of rotatable bonds is 4. The summed E-state index contributed by atoms with van der Waals surface area (Å²) >= 11 is 0. The molecule has 0 amide bonds. The van der Waals surface area contributed by atoms with E-state index in [1.54, 1.807) is 25.1 Å². The van der Waals surface area contributed by atoms with E-state index in [9.17, 15) is 9.90 Å². The molecule has 0 saturated heterocycles. The molecule has 0 bridgehead atoms. The number of ether oxygens (including phenoxy) is 1. The van der Waals surface area contributed by atoms with Crippen molar-refractivity contribution in [2.24, 2.45) is 0 Å². The Hall–Kier alpha value is -2.88. The van der Waals surface area contributed by atoms with Crippen LogP contribution in [0, 0.1) is 6.92 Å². The third kappa shape index (κ3) is 2.91. The summed E-state index contributed by atoms with van der Waals surface area (Å²) < 4.78 is 5.74. The second-order valence-electron chi connectivity index (χ2n) is 5.07. The summed E-state index contributed by atoms with van der Waals surface area (Å²) in [7, 11) is 0. The van der Waals surface area contributed by atoms with Crippen LogP contribution in [0.2, 0.25) is 0 Å². The minimum absolute atomic E-state index is 0.243. The summed E-state index contributed by atoms with van der Waals surface area (Å²) in [4.78, 5) is 15.7. The first-order valence-corrected chi connectivity index (χ1v) is 6.95. The average Bonchev–Trinajstić information content (AvgIpc) is 2.53. The van der Waals surface area contributed by atoms with Gasteiger partial charge in [0.25, 0.3) is 0 Å². The third-order valence-corrected chi connectivity index (χ3v) is 3.39. The number of carboxylic acids is 1. The summed E-state index contributed by atoms with van der Waals surface area (Å²) in [5.41, 5.74) is 2.64. The Morgan fingerprint density at radius 3 is 2.64 bits per heavy atom. The number of carbonyl (C=O) groups is 1. The van der Waals surface area contributed by atoms with Crippen molar-refractivity contribution in [3.05, 3.63) is 71.4 Å². The molecule has 22 heavy (non-hydrogen) atoms. The summed E-state index contributed by atoms with van der Waals surface area (Å²) in [6.07, 6.45) is 0. The van der Waals surface area contributed by atoms with E-state index in [2.05, 4.69) is 4.98 Å². The van der Waals surface area contributed by atoms with Gasteiger partial charge in [-0.2, -0.15) is 0 Å². The molecule has 0 aliphatic heterocycles. The Morgan fingerprint density at radius 2 is 1.91 bits per heavy atom. The first kappa shape index (κ1) is 14.1. The van der Waals surface area contributed by atoms with Gasteiger partial charge in [0.2, 0.25) is 0 Å². The highest BCUT2D eigenvalue weighted by atomic mass is 16.5. The van der Waals surface area contributed by atoms with Gasteiger partial charge in [-0.3, -0.25) is 4.98 Å². The van der Waals surface area contributed by atoms with Crippen LogP contribution in [0.15, 0.2) is 54.6 Å². The SMILES string of the molecule is Cc1cc(C(=O)O)c2cc(OCc3ccccc3)ccc2n1. The van der Waals surface area contributed by atoms with E-state index in [1.807, 2.05) is 36.4 Å². The highest BCUT2D eigenvalue weighted by Gasteiger charge is 2.11. The van der Waals surface area contributed by atoms with Crippen LogP contribution in [0.1, 0.15) is 21.6 Å². The fourth-order valence-corrected chi connectivity index (χ4v) is 2.34. The molecule has 0 saturated carbocycles. The molecule has 0 unspecified atom stereocenters. The van der Waals surface area contributed by atoms with E-state index >= 15 is 0 Å². The fraction of sp³-hybridized carbons (Fsp3) is 0.111. The Bertz CT molecular complexity index is 828. The maximum absolute atomic E-state index is 11.4. The fourth-order valence-electron chi connectivity index (χ4n) is 2.34. The Labute approximate surface area is 128 Å². The lowest BCUT2D eigenvalue weighted by molar-refractivity contribution is 0.0699. The molecular formula is C18H15NO3. The summed E-state index contributed by atoms with van der Waals surface area (Å²) in [6.45, 7) is 2.22. The second-order valence-corrected chi connectivity index (χ2v) is 5.07. The predicted octanol–water partition coefficient (Wildman–Crippen LogP) is 3.82. The van der Waals surface area contributed by atoms with E-state index in [4.69, 9.17) is 4.74 Å². The maximum atomic E-state index is 11.4. The molecule has 0 aliphatic rings. The summed E-state index contributed by atoms with van der Waals surface area (Å²) in [5.74, 6) is -0.333. The van der Waals surface area contributed by atoms with Gasteiger partial charge in [-0.25, -0.2) is 4.79 Å². The zero-order chi connectivity index (χ0) is 15.5. The van der Waals surface area contributed by atoms with E-state index in [0.717, 1.165) is 5.56 Å². The summed E-state index contributed by atoms with van der Waals surface area (Å²) in [5, 5.41) is 9.92. The van der Waals surface area contributed by atoms with Gasteiger partial charge in [-0.05, 0) is 36.8 Å². The zero-order valence-electron chi connectivity index (χ0n) is 12.1. The molecule has 0 fully saturated rings. The van der Waals surface area contributed by atoms with Gasteiger partial charge >= 0.3 is 5.97 Å². The van der Waals surface area contributed by atoms with Crippen LogP contribution >= 0.6 is 0 Å². The van der Waals surface area contributed by atoms with E-state index in [0.29, 0.717) is 29.0 Å². The minimum atomic E-state index is -0.962. The number of carboxylic acid groups (broad SMARTS) is 1. The number of benzene rings is 2. The lowest BCUT2D eigenvalue weighted by Gasteiger charge is -2.09. The molecule has 4 heteroatoms. The van der Waals surface area contributed by atoms with Gasteiger partial charge in [-0.1, -0.05) is 30.3 Å². The monoisotopic (exact) mass is 293 g/mol. The van der Waals surface area contributed by atoms with Crippen molar-refractivity contribution < 1.29 is 14.6 Å². The number of nitrogens with zero attached hydrogens (tertiary/aromatic N) is 1. The molecule has 0 aliphatic carbocycles.